The lowest BCUT2D eigenvalue weighted by atomic mass is 10.0. The highest BCUT2D eigenvalue weighted by molar-refractivity contribution is 5.98. The highest BCUT2D eigenvalue weighted by atomic mass is 16.6. The smallest absolute Gasteiger partial charge is 0.480 e. The first-order chi connectivity index (χ1) is 10.4. The number of carboxylic acid groups (broad SMARTS) is 1. The fourth-order valence-electron chi connectivity index (χ4n) is 1.83. The largest absolute Gasteiger partial charge is 0.490 e. The average Bonchev–Trinajstić information content (AvgIpc) is 2.94. The van der Waals surface area contributed by atoms with Gasteiger partial charge in [0, 0.05) is 17.1 Å². The van der Waals surface area contributed by atoms with Crippen molar-refractivity contribution in [3.8, 4) is 0 Å². The molecule has 22 heavy (non-hydrogen) atoms. The molecule has 1 heterocycles. The van der Waals surface area contributed by atoms with Crippen LogP contribution in [0.3, 0.4) is 0 Å². The van der Waals surface area contributed by atoms with E-state index in [0.29, 0.717) is 5.56 Å². The molecule has 2 rings (SSSR count). The Morgan fingerprint density at radius 1 is 1.36 bits per heavy atom. The number of ketones is 1. The zero-order chi connectivity index (χ0) is 16.3. The normalized spacial score (nSPS) is 11.9. The molecular formula is C13H12N4O5. The van der Waals surface area contributed by atoms with Gasteiger partial charge in [-0.3, -0.25) is 4.79 Å². The van der Waals surface area contributed by atoms with Crippen LogP contribution in [0, 0.1) is 17.0 Å². The van der Waals surface area contributed by atoms with E-state index in [2.05, 4.69) is 10.1 Å². The van der Waals surface area contributed by atoms with Crippen molar-refractivity contribution >= 4 is 17.7 Å². The number of rotatable bonds is 6. The van der Waals surface area contributed by atoms with E-state index in [1.807, 2.05) is 6.92 Å². The summed E-state index contributed by atoms with van der Waals surface area (Å²) >= 11 is 0. The number of aryl methyl sites for hydroxylation is 1. The molecule has 2 aromatic rings. The van der Waals surface area contributed by atoms with Crippen LogP contribution < -0.4 is 0 Å². The van der Waals surface area contributed by atoms with Crippen LogP contribution >= 0.6 is 0 Å². The number of nitro groups is 1. The Labute approximate surface area is 124 Å². The molecule has 114 valence electrons. The monoisotopic (exact) mass is 304 g/mol. The third kappa shape index (κ3) is 3.32. The molecule has 1 N–H and O–H groups in total. The van der Waals surface area contributed by atoms with Crippen molar-refractivity contribution in [2.24, 2.45) is 0 Å². The number of hydrogen-bond donors (Lipinski definition) is 1. The van der Waals surface area contributed by atoms with E-state index in [9.17, 15) is 24.8 Å². The second-order valence-electron chi connectivity index (χ2n) is 4.63. The van der Waals surface area contributed by atoms with Gasteiger partial charge in [0.1, 0.15) is 0 Å². The summed E-state index contributed by atoms with van der Waals surface area (Å²) in [4.78, 5) is 36.5. The highest BCUT2D eigenvalue weighted by Gasteiger charge is 2.29. The van der Waals surface area contributed by atoms with Gasteiger partial charge >= 0.3 is 11.9 Å². The van der Waals surface area contributed by atoms with E-state index >= 15 is 0 Å². The summed E-state index contributed by atoms with van der Waals surface area (Å²) in [7, 11) is 0. The molecule has 0 spiro atoms. The number of benzene rings is 1. The molecule has 9 heteroatoms. The van der Waals surface area contributed by atoms with E-state index < -0.39 is 28.7 Å². The third-order valence-corrected chi connectivity index (χ3v) is 3.02. The van der Waals surface area contributed by atoms with Gasteiger partial charge in [-0.2, -0.15) is 4.68 Å². The van der Waals surface area contributed by atoms with E-state index in [1.165, 1.54) is 0 Å². The maximum Gasteiger partial charge on any atom is 0.490 e. The second-order valence-corrected chi connectivity index (χ2v) is 4.63. The predicted molar refractivity (Wildman–Crippen MR) is 73.5 cm³/mol. The second kappa shape index (κ2) is 6.12. The molecule has 0 bridgehead atoms. The Balaban J connectivity index is 2.21. The van der Waals surface area contributed by atoms with Crippen molar-refractivity contribution in [3.05, 3.63) is 51.8 Å². The predicted octanol–water partition coefficient (Wildman–Crippen LogP) is 1.39. The van der Waals surface area contributed by atoms with E-state index in [0.717, 1.165) is 16.6 Å². The summed E-state index contributed by atoms with van der Waals surface area (Å²) in [5.74, 6) is -2.43. The van der Waals surface area contributed by atoms with Crippen molar-refractivity contribution in [1.82, 2.24) is 14.8 Å². The van der Waals surface area contributed by atoms with E-state index in [4.69, 9.17) is 0 Å². The summed E-state index contributed by atoms with van der Waals surface area (Å²) in [6.07, 6.45) is 0.554. The van der Waals surface area contributed by atoms with Crippen molar-refractivity contribution < 1.29 is 19.6 Å². The molecule has 0 radical (unpaired) electrons. The Morgan fingerprint density at radius 2 is 2.00 bits per heavy atom. The van der Waals surface area contributed by atoms with Gasteiger partial charge in [0.25, 0.3) is 0 Å². The van der Waals surface area contributed by atoms with Crippen LogP contribution in [0.5, 0.6) is 0 Å². The van der Waals surface area contributed by atoms with Gasteiger partial charge in [0.15, 0.2) is 11.8 Å². The molecule has 0 aliphatic carbocycles. The van der Waals surface area contributed by atoms with Crippen LogP contribution in [0.1, 0.15) is 28.4 Å². The summed E-state index contributed by atoms with van der Waals surface area (Å²) in [6.45, 7) is 1.86. The standard InChI is InChI=1S/C13H12N4O5/c1-8-2-4-9(5-3-8)11(18)6-10(12(19)20)16-7-14-13(15-16)17(21)22/h2-5,7,10H,6H2,1H3,(H,19,20)/t10-/m0/s1. The minimum Gasteiger partial charge on any atom is -0.480 e. The van der Waals surface area contributed by atoms with Crippen molar-refractivity contribution in [1.29, 1.82) is 0 Å². The van der Waals surface area contributed by atoms with Gasteiger partial charge in [0.05, 0.1) is 0 Å². The number of carbonyl (C=O) groups is 2. The lowest BCUT2D eigenvalue weighted by molar-refractivity contribution is -0.394. The summed E-state index contributed by atoms with van der Waals surface area (Å²) < 4.78 is 0.812. The zero-order valence-electron chi connectivity index (χ0n) is 11.5. The molecule has 1 aromatic heterocycles. The lowest BCUT2D eigenvalue weighted by Gasteiger charge is -2.09. The first-order valence-electron chi connectivity index (χ1n) is 6.26. The average molecular weight is 304 g/mol. The van der Waals surface area contributed by atoms with E-state index in [-0.39, 0.29) is 6.42 Å². The third-order valence-electron chi connectivity index (χ3n) is 3.02. The van der Waals surface area contributed by atoms with Gasteiger partial charge in [-0.15, -0.1) is 0 Å². The molecule has 0 saturated carbocycles. The molecular weight excluding hydrogens is 292 g/mol. The molecule has 0 amide bonds. The summed E-state index contributed by atoms with van der Waals surface area (Å²) in [6, 6.07) is 5.32. The fourth-order valence-corrected chi connectivity index (χ4v) is 1.83. The zero-order valence-corrected chi connectivity index (χ0v) is 11.5. The SMILES string of the molecule is Cc1ccc(C(=O)C[C@@H](C(=O)O)n2cnc([N+](=O)[O-])n2)cc1. The number of carboxylic acids is 1. The summed E-state index contributed by atoms with van der Waals surface area (Å²) in [5, 5.41) is 23.2. The lowest BCUT2D eigenvalue weighted by Crippen LogP contribution is -2.23. The maximum absolute atomic E-state index is 12.1. The highest BCUT2D eigenvalue weighted by Crippen LogP contribution is 2.17. The van der Waals surface area contributed by atoms with Gasteiger partial charge < -0.3 is 15.2 Å². The number of nitrogens with zero attached hydrogens (tertiary/aromatic N) is 4. The number of Topliss-reactive ketones (excluding diaryl/α,β-unsaturated/α-hetero) is 1. The minimum atomic E-state index is -1.35. The first-order valence-corrected chi connectivity index (χ1v) is 6.26. The quantitative estimate of drug-likeness (QED) is 0.485. The van der Waals surface area contributed by atoms with Crippen molar-refractivity contribution in [2.75, 3.05) is 0 Å². The molecule has 0 aliphatic heterocycles. The molecule has 1 aromatic carbocycles. The number of aromatic nitrogens is 3. The van der Waals surface area contributed by atoms with Crippen LogP contribution in [-0.2, 0) is 4.79 Å². The Hall–Kier alpha value is -3.10. The van der Waals surface area contributed by atoms with Crippen molar-refractivity contribution in [3.63, 3.8) is 0 Å². The number of hydrogen-bond acceptors (Lipinski definition) is 6. The number of carbonyl (C=O) groups excluding carboxylic acids is 1. The van der Waals surface area contributed by atoms with Crippen LogP contribution in [0.15, 0.2) is 30.6 Å². The van der Waals surface area contributed by atoms with Crippen LogP contribution in [0.4, 0.5) is 5.95 Å². The van der Waals surface area contributed by atoms with Crippen LogP contribution in [-0.4, -0.2) is 36.5 Å². The van der Waals surface area contributed by atoms with Crippen molar-refractivity contribution in [2.45, 2.75) is 19.4 Å². The Bertz CT molecular complexity index is 722. The molecule has 0 saturated heterocycles. The fraction of sp³-hybridized carbons (Fsp3) is 0.231. The van der Waals surface area contributed by atoms with Gasteiger partial charge in [-0.25, -0.2) is 4.79 Å². The maximum atomic E-state index is 12.1. The van der Waals surface area contributed by atoms with Gasteiger partial charge in [0.2, 0.25) is 6.33 Å². The first kappa shape index (κ1) is 15.3. The molecule has 0 aliphatic rings. The summed E-state index contributed by atoms with van der Waals surface area (Å²) in [5.41, 5.74) is 1.34. The Morgan fingerprint density at radius 3 is 2.50 bits per heavy atom. The Kier molecular flexibility index (Phi) is 4.25. The molecule has 0 unspecified atom stereocenters. The van der Waals surface area contributed by atoms with Gasteiger partial charge in [-0.05, 0) is 11.8 Å². The molecule has 0 fully saturated rings. The molecule has 9 nitrogen and oxygen atoms in total. The number of aliphatic carboxylic acids is 1. The van der Waals surface area contributed by atoms with Crippen LogP contribution in [0.25, 0.3) is 0 Å². The topological polar surface area (TPSA) is 128 Å². The van der Waals surface area contributed by atoms with E-state index in [1.54, 1.807) is 24.3 Å². The van der Waals surface area contributed by atoms with Gasteiger partial charge in [-0.1, -0.05) is 34.8 Å². The minimum absolute atomic E-state index is 0.367. The molecule has 1 atom stereocenters. The van der Waals surface area contributed by atoms with Crippen LogP contribution in [0.2, 0.25) is 0 Å².